The number of sulfone groups is 1. The van der Waals surface area contributed by atoms with E-state index >= 15 is 0 Å². The Morgan fingerprint density at radius 3 is 2.84 bits per heavy atom. The molecule has 0 saturated carbocycles. The van der Waals surface area contributed by atoms with Crippen molar-refractivity contribution in [2.75, 3.05) is 25.2 Å². The summed E-state index contributed by atoms with van der Waals surface area (Å²) in [6.07, 6.45) is 1.91. The van der Waals surface area contributed by atoms with Crippen LogP contribution in [0.2, 0.25) is 0 Å². The SMILES string of the molecule is CCNC(CCS(C)(=O)=O)C1COc2ccccc21. The lowest BCUT2D eigenvalue weighted by Crippen LogP contribution is -2.37. The van der Waals surface area contributed by atoms with Gasteiger partial charge in [0.1, 0.15) is 15.6 Å². The van der Waals surface area contributed by atoms with Gasteiger partial charge in [0.05, 0.1) is 12.4 Å². The molecule has 0 radical (unpaired) electrons. The molecule has 0 aliphatic carbocycles. The summed E-state index contributed by atoms with van der Waals surface area (Å²) in [5, 5.41) is 3.39. The number of benzene rings is 1. The number of para-hydroxylation sites is 1. The molecule has 106 valence electrons. The van der Waals surface area contributed by atoms with E-state index in [4.69, 9.17) is 4.74 Å². The van der Waals surface area contributed by atoms with Gasteiger partial charge >= 0.3 is 0 Å². The highest BCUT2D eigenvalue weighted by Gasteiger charge is 2.31. The van der Waals surface area contributed by atoms with Crippen LogP contribution in [-0.4, -0.2) is 39.6 Å². The first-order valence-corrected chi connectivity index (χ1v) is 8.70. The summed E-state index contributed by atoms with van der Waals surface area (Å²) in [5.41, 5.74) is 1.18. The largest absolute Gasteiger partial charge is 0.493 e. The highest BCUT2D eigenvalue weighted by atomic mass is 32.2. The van der Waals surface area contributed by atoms with Crippen molar-refractivity contribution in [2.24, 2.45) is 0 Å². The van der Waals surface area contributed by atoms with E-state index in [-0.39, 0.29) is 17.7 Å². The van der Waals surface area contributed by atoms with Gasteiger partial charge in [0.2, 0.25) is 0 Å². The van der Waals surface area contributed by atoms with E-state index < -0.39 is 9.84 Å². The minimum Gasteiger partial charge on any atom is -0.493 e. The summed E-state index contributed by atoms with van der Waals surface area (Å²) in [6.45, 7) is 3.49. The lowest BCUT2D eigenvalue weighted by atomic mass is 9.91. The Hall–Kier alpha value is -1.07. The molecule has 5 heteroatoms. The molecule has 19 heavy (non-hydrogen) atoms. The zero-order chi connectivity index (χ0) is 13.9. The fourth-order valence-electron chi connectivity index (χ4n) is 2.57. The lowest BCUT2D eigenvalue weighted by Gasteiger charge is -2.23. The third-order valence-corrected chi connectivity index (χ3v) is 4.47. The molecule has 1 aliphatic heterocycles. The van der Waals surface area contributed by atoms with Crippen LogP contribution < -0.4 is 10.1 Å². The molecular weight excluding hydrogens is 262 g/mol. The molecule has 1 heterocycles. The van der Waals surface area contributed by atoms with Crippen LogP contribution in [0.4, 0.5) is 0 Å². The molecule has 1 aliphatic rings. The van der Waals surface area contributed by atoms with Gasteiger partial charge in [0.15, 0.2) is 0 Å². The molecular formula is C14H21NO3S. The molecule has 0 bridgehead atoms. The normalized spacial score (nSPS) is 19.8. The molecule has 0 aromatic heterocycles. The second kappa shape index (κ2) is 5.92. The van der Waals surface area contributed by atoms with Crippen molar-refractivity contribution in [3.05, 3.63) is 29.8 Å². The van der Waals surface area contributed by atoms with Crippen molar-refractivity contribution in [2.45, 2.75) is 25.3 Å². The van der Waals surface area contributed by atoms with Crippen LogP contribution in [0.15, 0.2) is 24.3 Å². The summed E-state index contributed by atoms with van der Waals surface area (Å²) in [6, 6.07) is 8.13. The Kier molecular flexibility index (Phi) is 4.47. The molecule has 2 atom stereocenters. The topological polar surface area (TPSA) is 55.4 Å². The van der Waals surface area contributed by atoms with Gasteiger partial charge in [0, 0.05) is 23.8 Å². The van der Waals surface area contributed by atoms with Crippen LogP contribution in [0.1, 0.15) is 24.8 Å². The Balaban J connectivity index is 2.12. The first-order valence-electron chi connectivity index (χ1n) is 6.64. The maximum atomic E-state index is 11.3. The third-order valence-electron chi connectivity index (χ3n) is 3.49. The average molecular weight is 283 g/mol. The van der Waals surface area contributed by atoms with Crippen LogP contribution in [0.25, 0.3) is 0 Å². The van der Waals surface area contributed by atoms with Crippen molar-refractivity contribution >= 4 is 9.84 Å². The van der Waals surface area contributed by atoms with Crippen molar-refractivity contribution in [1.29, 1.82) is 0 Å². The van der Waals surface area contributed by atoms with E-state index in [2.05, 4.69) is 11.4 Å². The maximum Gasteiger partial charge on any atom is 0.147 e. The fourth-order valence-corrected chi connectivity index (χ4v) is 3.25. The van der Waals surface area contributed by atoms with E-state index in [1.807, 2.05) is 25.1 Å². The predicted octanol–water partition coefficient (Wildman–Crippen LogP) is 1.58. The average Bonchev–Trinajstić information content (AvgIpc) is 2.77. The van der Waals surface area contributed by atoms with Gasteiger partial charge in [-0.05, 0) is 19.0 Å². The maximum absolute atomic E-state index is 11.3. The Morgan fingerprint density at radius 2 is 2.16 bits per heavy atom. The van der Waals surface area contributed by atoms with Crippen molar-refractivity contribution in [3.63, 3.8) is 0 Å². The number of ether oxygens (including phenoxy) is 1. The summed E-state index contributed by atoms with van der Waals surface area (Å²) in [5.74, 6) is 1.37. The van der Waals surface area contributed by atoms with Crippen LogP contribution >= 0.6 is 0 Å². The number of nitrogens with one attached hydrogen (secondary N) is 1. The Morgan fingerprint density at radius 1 is 1.42 bits per heavy atom. The van der Waals surface area contributed by atoms with E-state index in [0.29, 0.717) is 13.0 Å². The molecule has 1 aromatic rings. The molecule has 1 aromatic carbocycles. The van der Waals surface area contributed by atoms with E-state index in [9.17, 15) is 8.42 Å². The Labute approximate surface area is 115 Å². The minimum absolute atomic E-state index is 0.142. The van der Waals surface area contributed by atoms with Gasteiger partial charge in [-0.25, -0.2) is 8.42 Å². The van der Waals surface area contributed by atoms with Gasteiger partial charge in [0.25, 0.3) is 0 Å². The Bertz CT molecular complexity index is 527. The molecule has 0 amide bonds. The molecule has 0 fully saturated rings. The van der Waals surface area contributed by atoms with Crippen LogP contribution in [0, 0.1) is 0 Å². The standard InChI is InChI=1S/C14H21NO3S/c1-3-15-13(8-9-19(2,16)17)12-10-18-14-7-5-4-6-11(12)14/h4-7,12-13,15H,3,8-10H2,1-2H3. The van der Waals surface area contributed by atoms with Crippen LogP contribution in [0.5, 0.6) is 5.75 Å². The number of rotatable bonds is 6. The number of hydrogen-bond acceptors (Lipinski definition) is 4. The fraction of sp³-hybridized carbons (Fsp3) is 0.571. The summed E-state index contributed by atoms with van der Waals surface area (Å²) in [7, 11) is -2.93. The number of fused-ring (bicyclic) bond motifs is 1. The van der Waals surface area contributed by atoms with Gasteiger partial charge in [-0.15, -0.1) is 0 Å². The molecule has 2 rings (SSSR count). The van der Waals surface area contributed by atoms with Crippen LogP contribution in [0.3, 0.4) is 0 Å². The third kappa shape index (κ3) is 3.70. The molecule has 2 unspecified atom stereocenters. The zero-order valence-electron chi connectivity index (χ0n) is 11.4. The molecule has 1 N–H and O–H groups in total. The predicted molar refractivity (Wildman–Crippen MR) is 76.5 cm³/mol. The van der Waals surface area contributed by atoms with E-state index in [1.165, 1.54) is 11.8 Å². The molecule has 0 spiro atoms. The van der Waals surface area contributed by atoms with Gasteiger partial charge < -0.3 is 10.1 Å². The number of likely N-dealkylation sites (N-methyl/N-ethyl adjacent to an activating group) is 1. The summed E-state index contributed by atoms with van der Waals surface area (Å²) >= 11 is 0. The van der Waals surface area contributed by atoms with Gasteiger partial charge in [-0.3, -0.25) is 0 Å². The second-order valence-electron chi connectivity index (χ2n) is 5.04. The monoisotopic (exact) mass is 283 g/mol. The van der Waals surface area contributed by atoms with Crippen molar-refractivity contribution < 1.29 is 13.2 Å². The lowest BCUT2D eigenvalue weighted by molar-refractivity contribution is 0.296. The van der Waals surface area contributed by atoms with Crippen molar-refractivity contribution in [1.82, 2.24) is 5.32 Å². The van der Waals surface area contributed by atoms with Crippen LogP contribution in [-0.2, 0) is 9.84 Å². The highest BCUT2D eigenvalue weighted by Crippen LogP contribution is 2.36. The quantitative estimate of drug-likeness (QED) is 0.861. The summed E-state index contributed by atoms with van der Waals surface area (Å²) in [4.78, 5) is 0. The zero-order valence-corrected chi connectivity index (χ0v) is 12.2. The first-order chi connectivity index (χ1) is 9.01. The smallest absolute Gasteiger partial charge is 0.147 e. The van der Waals surface area contributed by atoms with E-state index in [0.717, 1.165) is 12.3 Å². The van der Waals surface area contributed by atoms with Gasteiger partial charge in [-0.2, -0.15) is 0 Å². The summed E-state index contributed by atoms with van der Waals surface area (Å²) < 4.78 is 28.4. The highest BCUT2D eigenvalue weighted by molar-refractivity contribution is 7.90. The van der Waals surface area contributed by atoms with Crippen molar-refractivity contribution in [3.8, 4) is 5.75 Å². The van der Waals surface area contributed by atoms with Gasteiger partial charge in [-0.1, -0.05) is 25.1 Å². The second-order valence-corrected chi connectivity index (χ2v) is 7.30. The minimum atomic E-state index is -2.93. The van der Waals surface area contributed by atoms with E-state index in [1.54, 1.807) is 0 Å². The number of hydrogen-bond donors (Lipinski definition) is 1. The molecule has 4 nitrogen and oxygen atoms in total. The first kappa shape index (κ1) is 14.3. The molecule has 0 saturated heterocycles.